The normalized spacial score (nSPS) is 15.4. The van der Waals surface area contributed by atoms with E-state index in [1.165, 1.54) is 22.5 Å². The van der Waals surface area contributed by atoms with Gasteiger partial charge in [-0.15, -0.1) is 0 Å². The number of hydrogen-bond acceptors (Lipinski definition) is 6. The Balaban J connectivity index is 1.67. The Kier molecular flexibility index (Phi) is 8.53. The number of thioether (sulfide) groups is 1. The third-order valence-electron chi connectivity index (χ3n) is 5.12. The van der Waals surface area contributed by atoms with E-state index in [0.717, 1.165) is 22.2 Å². The summed E-state index contributed by atoms with van der Waals surface area (Å²) in [6.07, 6.45) is 1.64. The third-order valence-corrected chi connectivity index (χ3v) is 8.40. The highest BCUT2D eigenvalue weighted by Gasteiger charge is 2.34. The molecule has 0 spiro atoms. The van der Waals surface area contributed by atoms with Crippen molar-refractivity contribution in [2.45, 2.75) is 18.7 Å². The molecule has 3 amide bonds. The Morgan fingerprint density at radius 1 is 1.12 bits per heavy atom. The fraction of sp³-hybridized carbons (Fsp3) is 0.261. The molecular weight excluding hydrogens is 498 g/mol. The molecule has 11 heteroatoms. The molecule has 0 unspecified atom stereocenters. The van der Waals surface area contributed by atoms with Crippen LogP contribution < -0.4 is 5.32 Å². The van der Waals surface area contributed by atoms with E-state index >= 15 is 0 Å². The lowest BCUT2D eigenvalue weighted by Gasteiger charge is -2.19. The topological polar surface area (TPSA) is 104 Å². The second-order valence-electron chi connectivity index (χ2n) is 7.23. The zero-order valence-electron chi connectivity index (χ0n) is 18.7. The molecule has 1 aliphatic heterocycles. The second-order valence-corrected chi connectivity index (χ2v) is 10.6. The Bertz CT molecular complexity index is 1230. The lowest BCUT2D eigenvalue weighted by molar-refractivity contribution is -0.122. The van der Waals surface area contributed by atoms with E-state index in [4.69, 9.17) is 11.6 Å². The zero-order chi connectivity index (χ0) is 24.9. The number of carbonyl (C=O) groups excluding carboxylic acids is 3. The highest BCUT2D eigenvalue weighted by Crippen LogP contribution is 2.32. The summed E-state index contributed by atoms with van der Waals surface area (Å²) < 4.78 is 26.8. The van der Waals surface area contributed by atoms with E-state index in [2.05, 4.69) is 5.32 Å². The Hall–Kier alpha value is -2.66. The molecule has 0 bridgehead atoms. The number of halogens is 1. The summed E-state index contributed by atoms with van der Waals surface area (Å²) in [5.74, 6) is -1.04. The van der Waals surface area contributed by atoms with Gasteiger partial charge in [-0.2, -0.15) is 4.31 Å². The molecule has 0 atom stereocenters. The van der Waals surface area contributed by atoms with Gasteiger partial charge in [-0.25, -0.2) is 8.42 Å². The molecule has 0 aliphatic carbocycles. The number of imide groups is 1. The molecule has 3 rings (SSSR count). The van der Waals surface area contributed by atoms with Crippen molar-refractivity contribution in [1.82, 2.24) is 14.5 Å². The van der Waals surface area contributed by atoms with Gasteiger partial charge in [-0.1, -0.05) is 55.8 Å². The average Bonchev–Trinajstić information content (AvgIpc) is 3.07. The molecule has 0 saturated carbocycles. The fourth-order valence-electron chi connectivity index (χ4n) is 3.32. The Morgan fingerprint density at radius 3 is 2.44 bits per heavy atom. The van der Waals surface area contributed by atoms with Gasteiger partial charge in [0.2, 0.25) is 10.0 Å². The lowest BCUT2D eigenvalue weighted by Crippen LogP contribution is -2.37. The van der Waals surface area contributed by atoms with Gasteiger partial charge < -0.3 is 5.32 Å². The monoisotopic (exact) mass is 521 g/mol. The van der Waals surface area contributed by atoms with E-state index in [1.807, 2.05) is 30.3 Å². The minimum atomic E-state index is -3.77. The van der Waals surface area contributed by atoms with Gasteiger partial charge in [0.25, 0.3) is 17.1 Å². The Morgan fingerprint density at radius 2 is 1.79 bits per heavy atom. The molecule has 180 valence electrons. The summed E-state index contributed by atoms with van der Waals surface area (Å²) in [6.45, 7) is 3.99. The number of amides is 3. The summed E-state index contributed by atoms with van der Waals surface area (Å²) in [5, 5.41) is 2.27. The van der Waals surface area contributed by atoms with Crippen molar-refractivity contribution >= 4 is 56.5 Å². The first-order valence-corrected chi connectivity index (χ1v) is 13.2. The Labute approximate surface area is 208 Å². The van der Waals surface area contributed by atoms with Crippen LogP contribution in [0.2, 0.25) is 5.02 Å². The first-order valence-electron chi connectivity index (χ1n) is 10.6. The molecule has 1 heterocycles. The molecule has 0 aromatic heterocycles. The minimum Gasteiger partial charge on any atom is -0.350 e. The first-order chi connectivity index (χ1) is 16.2. The number of nitrogens with one attached hydrogen (secondary N) is 1. The van der Waals surface area contributed by atoms with Crippen molar-refractivity contribution in [2.24, 2.45) is 0 Å². The van der Waals surface area contributed by atoms with Crippen molar-refractivity contribution in [3.8, 4) is 0 Å². The van der Waals surface area contributed by atoms with Gasteiger partial charge in [0, 0.05) is 26.2 Å². The van der Waals surface area contributed by atoms with E-state index in [1.54, 1.807) is 19.9 Å². The van der Waals surface area contributed by atoms with Crippen molar-refractivity contribution < 1.29 is 22.8 Å². The van der Waals surface area contributed by atoms with Crippen LogP contribution in [0.5, 0.6) is 0 Å². The molecular formula is C23H24ClN3O5S2. The second kappa shape index (κ2) is 11.2. The van der Waals surface area contributed by atoms with Crippen LogP contribution in [0, 0.1) is 0 Å². The van der Waals surface area contributed by atoms with Crippen LogP contribution in [0.3, 0.4) is 0 Å². The average molecular weight is 522 g/mol. The maximum Gasteiger partial charge on any atom is 0.293 e. The van der Waals surface area contributed by atoms with Crippen molar-refractivity contribution in [1.29, 1.82) is 0 Å². The van der Waals surface area contributed by atoms with Gasteiger partial charge in [0.05, 0.1) is 20.4 Å². The van der Waals surface area contributed by atoms with Crippen molar-refractivity contribution in [3.05, 3.63) is 69.6 Å². The SMILES string of the molecule is CCN(CC)S(=O)(=O)c1ccc(Cl)c(C(=O)NCCN2C(=O)SC(=Cc3ccccc3)C2=O)c1. The maximum atomic E-state index is 12.8. The van der Waals surface area contributed by atoms with E-state index < -0.39 is 27.1 Å². The predicted molar refractivity (Wildman–Crippen MR) is 133 cm³/mol. The number of rotatable bonds is 9. The standard InChI is InChI=1S/C23H24ClN3O5S2/c1-3-26(4-2)34(31,32)17-10-11-19(24)18(15-17)21(28)25-12-13-27-22(29)20(33-23(27)30)14-16-8-6-5-7-9-16/h5-11,14-15H,3-4,12-13H2,1-2H3,(H,25,28). The summed E-state index contributed by atoms with van der Waals surface area (Å²) in [6, 6.07) is 13.1. The molecule has 1 fully saturated rings. The van der Waals surface area contributed by atoms with Crippen LogP contribution in [0.25, 0.3) is 6.08 Å². The van der Waals surface area contributed by atoms with Crippen LogP contribution in [0.1, 0.15) is 29.8 Å². The van der Waals surface area contributed by atoms with E-state index in [-0.39, 0.29) is 28.6 Å². The largest absolute Gasteiger partial charge is 0.350 e. The van der Waals surface area contributed by atoms with Crippen molar-refractivity contribution in [2.75, 3.05) is 26.2 Å². The quantitative estimate of drug-likeness (QED) is 0.503. The lowest BCUT2D eigenvalue weighted by atomic mass is 10.2. The number of hydrogen-bond donors (Lipinski definition) is 1. The first kappa shape index (κ1) is 26.0. The molecule has 2 aromatic rings. The number of benzene rings is 2. The predicted octanol–water partition coefficient (Wildman–Crippen LogP) is 3.84. The molecule has 1 saturated heterocycles. The highest BCUT2D eigenvalue weighted by atomic mass is 35.5. The van der Waals surface area contributed by atoms with E-state index in [0.29, 0.717) is 18.0 Å². The van der Waals surface area contributed by atoms with Crippen LogP contribution in [-0.2, 0) is 14.8 Å². The molecule has 8 nitrogen and oxygen atoms in total. The van der Waals surface area contributed by atoms with Gasteiger partial charge in [-0.3, -0.25) is 19.3 Å². The minimum absolute atomic E-state index is 0.00647. The molecule has 1 aliphatic rings. The van der Waals surface area contributed by atoms with E-state index in [9.17, 15) is 22.8 Å². The van der Waals surface area contributed by atoms with Crippen LogP contribution >= 0.6 is 23.4 Å². The van der Waals surface area contributed by atoms with Gasteiger partial charge in [-0.05, 0) is 41.6 Å². The number of sulfonamides is 1. The van der Waals surface area contributed by atoms with Gasteiger partial charge in [0.15, 0.2) is 0 Å². The van der Waals surface area contributed by atoms with Crippen LogP contribution in [-0.4, -0.2) is 60.9 Å². The number of carbonyl (C=O) groups is 3. The summed E-state index contributed by atoms with van der Waals surface area (Å²) in [7, 11) is -3.77. The fourth-order valence-corrected chi connectivity index (χ4v) is 5.87. The summed E-state index contributed by atoms with van der Waals surface area (Å²) in [4.78, 5) is 38.9. The molecule has 34 heavy (non-hydrogen) atoms. The molecule has 0 radical (unpaired) electrons. The van der Waals surface area contributed by atoms with Crippen LogP contribution in [0.4, 0.5) is 4.79 Å². The highest BCUT2D eigenvalue weighted by molar-refractivity contribution is 8.18. The van der Waals surface area contributed by atoms with Crippen molar-refractivity contribution in [3.63, 3.8) is 0 Å². The third kappa shape index (κ3) is 5.69. The molecule has 1 N–H and O–H groups in total. The van der Waals surface area contributed by atoms with Gasteiger partial charge >= 0.3 is 0 Å². The summed E-state index contributed by atoms with van der Waals surface area (Å²) >= 11 is 6.98. The van der Waals surface area contributed by atoms with Crippen LogP contribution in [0.15, 0.2) is 58.3 Å². The maximum absolute atomic E-state index is 12.8. The summed E-state index contributed by atoms with van der Waals surface area (Å²) in [5.41, 5.74) is 0.795. The smallest absolute Gasteiger partial charge is 0.293 e. The number of nitrogens with zero attached hydrogens (tertiary/aromatic N) is 2. The zero-order valence-corrected chi connectivity index (χ0v) is 21.0. The van der Waals surface area contributed by atoms with Gasteiger partial charge in [0.1, 0.15) is 0 Å². The molecule has 2 aromatic carbocycles.